The number of sulfone groups is 1. The average Bonchev–Trinajstić information content (AvgIpc) is 2.15. The minimum Gasteiger partial charge on any atom is -0.423 e. The molecule has 0 aliphatic rings. The molecule has 0 bridgehead atoms. The van der Waals surface area contributed by atoms with Crippen molar-refractivity contribution in [3.63, 3.8) is 0 Å². The lowest BCUT2D eigenvalue weighted by atomic mass is 9.80. The molecule has 0 aliphatic carbocycles. The van der Waals surface area contributed by atoms with Crippen molar-refractivity contribution in [2.24, 2.45) is 0 Å². The van der Waals surface area contributed by atoms with Crippen molar-refractivity contribution in [1.82, 2.24) is 0 Å². The molecule has 0 aliphatic heterocycles. The quantitative estimate of drug-likeness (QED) is 0.684. The molecule has 0 spiro atoms. The summed E-state index contributed by atoms with van der Waals surface area (Å²) in [6.45, 7) is 0. The maximum absolute atomic E-state index is 11.2. The molecular weight excluding hydrogens is 203 g/mol. The van der Waals surface area contributed by atoms with Gasteiger partial charge in [-0.25, -0.2) is 8.42 Å². The molecule has 0 fully saturated rings. The number of benzene rings is 1. The Hall–Kier alpha value is -0.845. The van der Waals surface area contributed by atoms with Gasteiger partial charge in [0.2, 0.25) is 0 Å². The van der Waals surface area contributed by atoms with Crippen LogP contribution in [-0.4, -0.2) is 33.9 Å². The maximum Gasteiger partial charge on any atom is 0.490 e. The summed E-state index contributed by atoms with van der Waals surface area (Å²) in [6.07, 6.45) is 1.12. The van der Waals surface area contributed by atoms with Gasteiger partial charge in [-0.2, -0.15) is 0 Å². The molecule has 1 aromatic rings. The van der Waals surface area contributed by atoms with Gasteiger partial charge in [-0.1, -0.05) is 12.1 Å². The number of rotatable bonds is 3. The second-order valence-electron chi connectivity index (χ2n) is 2.93. The van der Waals surface area contributed by atoms with Crippen LogP contribution in [0.25, 0.3) is 0 Å². The Morgan fingerprint density at radius 3 is 2.57 bits per heavy atom. The van der Waals surface area contributed by atoms with E-state index in [2.05, 4.69) is 4.65 Å². The van der Waals surface area contributed by atoms with E-state index in [9.17, 15) is 13.4 Å². The monoisotopic (exact) mass is 214 g/mol. The predicted octanol–water partition coefficient (Wildman–Crippen LogP) is -0.576. The molecular formula is C8H11BO4S. The highest BCUT2D eigenvalue weighted by molar-refractivity contribution is 7.90. The van der Waals surface area contributed by atoms with Crippen molar-refractivity contribution >= 4 is 22.4 Å². The molecule has 1 aromatic carbocycles. The number of hydrogen-bond donors (Lipinski definition) is 1. The summed E-state index contributed by atoms with van der Waals surface area (Å²) in [5.41, 5.74) is 0.426. The zero-order valence-electron chi connectivity index (χ0n) is 7.97. The summed E-state index contributed by atoms with van der Waals surface area (Å²) in [6, 6.07) is 6.03. The van der Waals surface area contributed by atoms with Crippen molar-refractivity contribution in [2.75, 3.05) is 13.4 Å². The summed E-state index contributed by atoms with van der Waals surface area (Å²) in [7, 11) is -2.98. The molecule has 76 valence electrons. The van der Waals surface area contributed by atoms with E-state index >= 15 is 0 Å². The number of hydrogen-bond acceptors (Lipinski definition) is 4. The highest BCUT2D eigenvalue weighted by Gasteiger charge is 2.16. The summed E-state index contributed by atoms with van der Waals surface area (Å²) in [4.78, 5) is 0.172. The molecule has 14 heavy (non-hydrogen) atoms. The second kappa shape index (κ2) is 4.12. The third kappa shape index (κ3) is 2.57. The van der Waals surface area contributed by atoms with E-state index in [1.165, 1.54) is 19.2 Å². The molecule has 0 atom stereocenters. The van der Waals surface area contributed by atoms with Gasteiger partial charge < -0.3 is 9.68 Å². The van der Waals surface area contributed by atoms with Crippen molar-refractivity contribution in [3.8, 4) is 0 Å². The van der Waals surface area contributed by atoms with E-state index in [1.807, 2.05) is 0 Å². The van der Waals surface area contributed by atoms with Crippen LogP contribution in [0, 0.1) is 0 Å². The summed E-state index contributed by atoms with van der Waals surface area (Å²) in [5, 5.41) is 9.30. The fraction of sp³-hybridized carbons (Fsp3) is 0.250. The first kappa shape index (κ1) is 11.2. The van der Waals surface area contributed by atoms with Gasteiger partial charge >= 0.3 is 7.12 Å². The largest absolute Gasteiger partial charge is 0.490 e. The zero-order chi connectivity index (χ0) is 10.8. The molecule has 0 saturated heterocycles. The minimum absolute atomic E-state index is 0.172. The molecule has 0 unspecified atom stereocenters. The Balaban J connectivity index is 3.14. The van der Waals surface area contributed by atoms with E-state index in [4.69, 9.17) is 0 Å². The van der Waals surface area contributed by atoms with Gasteiger partial charge in [-0.3, -0.25) is 0 Å². The summed E-state index contributed by atoms with van der Waals surface area (Å²) >= 11 is 0. The van der Waals surface area contributed by atoms with Crippen molar-refractivity contribution in [2.45, 2.75) is 4.90 Å². The third-order valence-corrected chi connectivity index (χ3v) is 2.90. The van der Waals surface area contributed by atoms with Gasteiger partial charge in [-0.15, -0.1) is 0 Å². The standard InChI is InChI=1S/C8H11BO4S/c1-13-9(10)7-4-3-5-8(6-7)14(2,11)12/h3-6,10H,1-2H3. The first-order chi connectivity index (χ1) is 6.45. The zero-order valence-corrected chi connectivity index (χ0v) is 8.78. The molecule has 4 nitrogen and oxygen atoms in total. The first-order valence-electron chi connectivity index (χ1n) is 3.96. The van der Waals surface area contributed by atoms with E-state index < -0.39 is 17.0 Å². The molecule has 0 amide bonds. The van der Waals surface area contributed by atoms with Crippen LogP contribution in [0.5, 0.6) is 0 Å². The van der Waals surface area contributed by atoms with Gasteiger partial charge in [-0.05, 0) is 17.6 Å². The lowest BCUT2D eigenvalue weighted by Gasteiger charge is -2.05. The molecule has 0 radical (unpaired) electrons. The Morgan fingerprint density at radius 1 is 1.43 bits per heavy atom. The fourth-order valence-corrected chi connectivity index (χ4v) is 1.71. The van der Waals surface area contributed by atoms with Gasteiger partial charge in [0.25, 0.3) is 0 Å². The van der Waals surface area contributed by atoms with Gasteiger partial charge in [0.1, 0.15) is 0 Å². The Bertz CT molecular complexity index is 415. The Morgan fingerprint density at radius 2 is 2.07 bits per heavy atom. The smallest absolute Gasteiger partial charge is 0.423 e. The van der Waals surface area contributed by atoms with Crippen LogP contribution in [0.15, 0.2) is 29.2 Å². The lowest BCUT2D eigenvalue weighted by molar-refractivity contribution is 0.341. The van der Waals surface area contributed by atoms with Crippen LogP contribution in [0.1, 0.15) is 0 Å². The molecule has 0 saturated carbocycles. The van der Waals surface area contributed by atoms with Crippen molar-refractivity contribution < 1.29 is 18.1 Å². The van der Waals surface area contributed by atoms with Crippen molar-refractivity contribution in [3.05, 3.63) is 24.3 Å². The summed E-state index contributed by atoms with van der Waals surface area (Å²) in [5.74, 6) is 0. The highest BCUT2D eigenvalue weighted by Crippen LogP contribution is 2.05. The van der Waals surface area contributed by atoms with Crippen LogP contribution in [0.4, 0.5) is 0 Å². The van der Waals surface area contributed by atoms with E-state index in [0.717, 1.165) is 6.26 Å². The average molecular weight is 214 g/mol. The molecule has 0 heterocycles. The highest BCUT2D eigenvalue weighted by atomic mass is 32.2. The van der Waals surface area contributed by atoms with Crippen LogP contribution < -0.4 is 5.46 Å². The molecule has 1 N–H and O–H groups in total. The SMILES string of the molecule is COB(O)c1cccc(S(C)(=O)=O)c1. The topological polar surface area (TPSA) is 63.6 Å². The van der Waals surface area contributed by atoms with Gasteiger partial charge in [0, 0.05) is 13.4 Å². The van der Waals surface area contributed by atoms with Crippen molar-refractivity contribution in [1.29, 1.82) is 0 Å². The second-order valence-corrected chi connectivity index (χ2v) is 4.95. The Kier molecular flexibility index (Phi) is 3.31. The Labute approximate surface area is 83.6 Å². The third-order valence-electron chi connectivity index (χ3n) is 1.79. The lowest BCUT2D eigenvalue weighted by Crippen LogP contribution is -2.32. The first-order valence-corrected chi connectivity index (χ1v) is 5.85. The fourth-order valence-electron chi connectivity index (χ4n) is 1.03. The summed E-state index contributed by atoms with van der Waals surface area (Å²) < 4.78 is 27.0. The van der Waals surface area contributed by atoms with Crippen LogP contribution >= 0.6 is 0 Å². The predicted molar refractivity (Wildman–Crippen MR) is 54.2 cm³/mol. The minimum atomic E-state index is -3.23. The molecule has 6 heteroatoms. The molecule has 1 rings (SSSR count). The van der Waals surface area contributed by atoms with Gasteiger partial charge in [0.05, 0.1) is 4.90 Å². The normalized spacial score (nSPS) is 11.4. The molecule has 0 aromatic heterocycles. The van der Waals surface area contributed by atoms with Crippen LogP contribution in [-0.2, 0) is 14.5 Å². The van der Waals surface area contributed by atoms with Crippen LogP contribution in [0.3, 0.4) is 0 Å². The van der Waals surface area contributed by atoms with E-state index in [-0.39, 0.29) is 4.90 Å². The van der Waals surface area contributed by atoms with E-state index in [1.54, 1.807) is 12.1 Å². The maximum atomic E-state index is 11.2. The van der Waals surface area contributed by atoms with Gasteiger partial charge in [0.15, 0.2) is 9.84 Å². The van der Waals surface area contributed by atoms with E-state index in [0.29, 0.717) is 5.46 Å². The van der Waals surface area contributed by atoms with Crippen LogP contribution in [0.2, 0.25) is 0 Å².